The van der Waals surface area contributed by atoms with E-state index in [1.165, 1.54) is 26.7 Å². The van der Waals surface area contributed by atoms with Crippen LogP contribution in [0.5, 0.6) is 0 Å². The lowest BCUT2D eigenvalue weighted by Gasteiger charge is -2.10. The summed E-state index contributed by atoms with van der Waals surface area (Å²) in [5.74, 6) is 0.589. The minimum absolute atomic E-state index is 0.589. The first-order valence-corrected chi connectivity index (χ1v) is 5.21. The first-order chi connectivity index (χ1) is 5.57. The maximum atomic E-state index is 5.81. The molecule has 0 aliphatic rings. The normalized spacial score (nSPS) is 10.4. The number of benzene rings is 1. The number of rotatable bonds is 1. The zero-order chi connectivity index (χ0) is 9.30. The van der Waals surface area contributed by atoms with Gasteiger partial charge in [-0.05, 0) is 43.0 Å². The van der Waals surface area contributed by atoms with Crippen LogP contribution in [0, 0.1) is 20.8 Å². The zero-order valence-electron chi connectivity index (χ0n) is 7.54. The highest BCUT2D eigenvalue weighted by Gasteiger charge is 2.06. The number of aryl methyl sites for hydroxylation is 1. The van der Waals surface area contributed by atoms with E-state index in [-0.39, 0.29) is 0 Å². The van der Waals surface area contributed by atoms with Crippen LogP contribution in [0.2, 0.25) is 0 Å². The van der Waals surface area contributed by atoms with Gasteiger partial charge in [0.05, 0.1) is 0 Å². The van der Waals surface area contributed by atoms with Gasteiger partial charge >= 0.3 is 0 Å². The van der Waals surface area contributed by atoms with Crippen LogP contribution < -0.4 is 0 Å². The van der Waals surface area contributed by atoms with Crippen molar-refractivity contribution in [1.29, 1.82) is 0 Å². The highest BCUT2D eigenvalue weighted by Crippen LogP contribution is 2.27. The van der Waals surface area contributed by atoms with Gasteiger partial charge in [0, 0.05) is 10.4 Å². The minimum atomic E-state index is 0.589. The van der Waals surface area contributed by atoms with E-state index < -0.39 is 0 Å². The molecule has 0 unspecified atom stereocenters. The summed E-state index contributed by atoms with van der Waals surface area (Å²) in [6.45, 7) is 6.31. The van der Waals surface area contributed by atoms with Gasteiger partial charge in [-0.1, -0.05) is 22.0 Å². The first kappa shape index (κ1) is 10.1. The van der Waals surface area contributed by atoms with E-state index in [1.807, 2.05) is 0 Å². The fourth-order valence-electron chi connectivity index (χ4n) is 1.21. The summed E-state index contributed by atoms with van der Waals surface area (Å²) in [5.41, 5.74) is 5.07. The van der Waals surface area contributed by atoms with Crippen molar-refractivity contribution in [3.8, 4) is 0 Å². The molecule has 0 radical (unpaired) electrons. The predicted octanol–water partition coefficient (Wildman–Crippen LogP) is 4.11. The number of hydrogen-bond donors (Lipinski definition) is 0. The van der Waals surface area contributed by atoms with E-state index in [0.29, 0.717) is 5.88 Å². The average molecular weight is 248 g/mol. The van der Waals surface area contributed by atoms with Crippen molar-refractivity contribution in [1.82, 2.24) is 0 Å². The van der Waals surface area contributed by atoms with Crippen molar-refractivity contribution in [2.24, 2.45) is 0 Å². The third kappa shape index (κ3) is 1.67. The van der Waals surface area contributed by atoms with Gasteiger partial charge in [-0.15, -0.1) is 11.6 Å². The standard InChI is InChI=1S/C10H12BrCl/c1-6-4-9(5-12)8(3)10(11)7(6)2/h4H,5H2,1-3H3. The van der Waals surface area contributed by atoms with Crippen LogP contribution in [0.15, 0.2) is 10.5 Å². The highest BCUT2D eigenvalue weighted by atomic mass is 79.9. The average Bonchev–Trinajstić information content (AvgIpc) is 2.08. The highest BCUT2D eigenvalue weighted by molar-refractivity contribution is 9.10. The lowest BCUT2D eigenvalue weighted by molar-refractivity contribution is 1.20. The maximum Gasteiger partial charge on any atom is 0.0477 e. The monoisotopic (exact) mass is 246 g/mol. The van der Waals surface area contributed by atoms with E-state index in [9.17, 15) is 0 Å². The van der Waals surface area contributed by atoms with Gasteiger partial charge in [0.15, 0.2) is 0 Å². The summed E-state index contributed by atoms with van der Waals surface area (Å²) in [6.07, 6.45) is 0. The van der Waals surface area contributed by atoms with Crippen LogP contribution in [-0.4, -0.2) is 0 Å². The molecule has 0 aliphatic heterocycles. The number of alkyl halides is 1. The fourth-order valence-corrected chi connectivity index (χ4v) is 2.06. The lowest BCUT2D eigenvalue weighted by atomic mass is 10.0. The van der Waals surface area contributed by atoms with Crippen LogP contribution in [0.25, 0.3) is 0 Å². The first-order valence-electron chi connectivity index (χ1n) is 3.89. The van der Waals surface area contributed by atoms with Gasteiger partial charge < -0.3 is 0 Å². The quantitative estimate of drug-likeness (QED) is 0.655. The van der Waals surface area contributed by atoms with Crippen molar-refractivity contribution in [3.63, 3.8) is 0 Å². The molecule has 12 heavy (non-hydrogen) atoms. The molecular weight excluding hydrogens is 235 g/mol. The topological polar surface area (TPSA) is 0 Å². The van der Waals surface area contributed by atoms with E-state index in [1.54, 1.807) is 0 Å². The molecule has 1 rings (SSSR count). The summed E-state index contributed by atoms with van der Waals surface area (Å²) in [7, 11) is 0. The molecule has 66 valence electrons. The molecule has 1 aromatic rings. The molecule has 2 heteroatoms. The Hall–Kier alpha value is -0.0100. The van der Waals surface area contributed by atoms with Gasteiger partial charge in [-0.2, -0.15) is 0 Å². The van der Waals surface area contributed by atoms with Gasteiger partial charge in [0.25, 0.3) is 0 Å². The summed E-state index contributed by atoms with van der Waals surface area (Å²) < 4.78 is 1.19. The zero-order valence-corrected chi connectivity index (χ0v) is 9.88. The van der Waals surface area contributed by atoms with Gasteiger partial charge in [-0.25, -0.2) is 0 Å². The van der Waals surface area contributed by atoms with Crippen molar-refractivity contribution < 1.29 is 0 Å². The molecule has 0 saturated heterocycles. The van der Waals surface area contributed by atoms with Crippen LogP contribution in [0.3, 0.4) is 0 Å². The van der Waals surface area contributed by atoms with E-state index in [0.717, 1.165) is 0 Å². The summed E-state index contributed by atoms with van der Waals surface area (Å²) >= 11 is 9.37. The van der Waals surface area contributed by atoms with E-state index >= 15 is 0 Å². The molecule has 0 atom stereocenters. The number of halogens is 2. The van der Waals surface area contributed by atoms with Crippen molar-refractivity contribution in [2.75, 3.05) is 0 Å². The molecule has 0 heterocycles. The third-order valence-corrected chi connectivity index (χ3v) is 3.74. The molecule has 0 aliphatic carbocycles. The molecule has 1 aromatic carbocycles. The van der Waals surface area contributed by atoms with Gasteiger partial charge in [-0.3, -0.25) is 0 Å². The third-order valence-electron chi connectivity index (χ3n) is 2.27. The van der Waals surface area contributed by atoms with Crippen LogP contribution in [0.1, 0.15) is 22.3 Å². The van der Waals surface area contributed by atoms with Crippen LogP contribution in [-0.2, 0) is 5.88 Å². The van der Waals surface area contributed by atoms with Gasteiger partial charge in [0.2, 0.25) is 0 Å². The van der Waals surface area contributed by atoms with Crippen molar-refractivity contribution >= 4 is 27.5 Å². The SMILES string of the molecule is Cc1cc(CCl)c(C)c(Br)c1C. The molecule has 0 nitrogen and oxygen atoms in total. The van der Waals surface area contributed by atoms with E-state index in [4.69, 9.17) is 11.6 Å². The largest absolute Gasteiger partial charge is 0.122 e. The molecule has 0 spiro atoms. The van der Waals surface area contributed by atoms with Gasteiger partial charge in [0.1, 0.15) is 0 Å². The Morgan fingerprint density at radius 2 is 1.83 bits per heavy atom. The lowest BCUT2D eigenvalue weighted by Crippen LogP contribution is -1.92. The Labute approximate surface area is 87.1 Å². The second-order valence-electron chi connectivity index (χ2n) is 3.05. The Morgan fingerprint density at radius 1 is 1.25 bits per heavy atom. The second-order valence-corrected chi connectivity index (χ2v) is 4.11. The van der Waals surface area contributed by atoms with Crippen molar-refractivity contribution in [2.45, 2.75) is 26.7 Å². The molecule has 0 bridgehead atoms. The molecule has 0 fully saturated rings. The molecule has 0 aromatic heterocycles. The minimum Gasteiger partial charge on any atom is -0.122 e. The summed E-state index contributed by atoms with van der Waals surface area (Å²) in [6, 6.07) is 2.16. The number of hydrogen-bond acceptors (Lipinski definition) is 0. The van der Waals surface area contributed by atoms with Crippen LogP contribution >= 0.6 is 27.5 Å². The predicted molar refractivity (Wildman–Crippen MR) is 57.9 cm³/mol. The van der Waals surface area contributed by atoms with E-state index in [2.05, 4.69) is 42.8 Å². The summed E-state index contributed by atoms with van der Waals surface area (Å²) in [4.78, 5) is 0. The second kappa shape index (κ2) is 3.80. The maximum absolute atomic E-state index is 5.81. The molecule has 0 amide bonds. The Kier molecular flexibility index (Phi) is 3.19. The summed E-state index contributed by atoms with van der Waals surface area (Å²) in [5, 5.41) is 0. The Morgan fingerprint density at radius 3 is 2.33 bits per heavy atom. The van der Waals surface area contributed by atoms with Crippen LogP contribution in [0.4, 0.5) is 0 Å². The molecule has 0 saturated carbocycles. The Balaban J connectivity index is 3.39. The smallest absolute Gasteiger partial charge is 0.0477 e. The fraction of sp³-hybridized carbons (Fsp3) is 0.400. The molecular formula is C10H12BrCl. The van der Waals surface area contributed by atoms with Crippen molar-refractivity contribution in [3.05, 3.63) is 32.8 Å². The Bertz CT molecular complexity index is 305. The molecule has 0 N–H and O–H groups in total.